The summed E-state index contributed by atoms with van der Waals surface area (Å²) in [6.07, 6.45) is 4.22. The smallest absolute Gasteiger partial charge is 1.00 e. The average Bonchev–Trinajstić information content (AvgIpc) is 1.72. The first-order chi connectivity index (χ1) is 3.00. The molecule has 0 aromatic carbocycles. The van der Waals surface area contributed by atoms with Crippen LogP contribution >= 0.6 is 12.4 Å². The van der Waals surface area contributed by atoms with Crippen LogP contribution in [0.2, 0.25) is 0 Å². The van der Waals surface area contributed by atoms with Gasteiger partial charge in [-0.3, -0.25) is 0 Å². The molecule has 0 aliphatic carbocycles. The van der Waals surface area contributed by atoms with Gasteiger partial charge in [0.15, 0.2) is 0 Å². The van der Waals surface area contributed by atoms with Gasteiger partial charge in [-0.25, -0.2) is 0 Å². The third kappa shape index (κ3) is 9.14. The quantitative estimate of drug-likeness (QED) is 0.354. The van der Waals surface area contributed by atoms with Gasteiger partial charge in [0.05, 0.1) is 0 Å². The Bertz CT molecular complexity index is 30.4. The molecular weight excluding hydrogens is 152 g/mol. The number of piperidine rings is 1. The van der Waals surface area contributed by atoms with Crippen molar-refractivity contribution in [3.8, 4) is 0 Å². The Hall–Kier alpha value is 1.14. The minimum Gasteiger partial charge on any atom is -1.00 e. The third-order valence-corrected chi connectivity index (χ3v) is 1.21. The monoisotopic (exact) mass is 163 g/mol. The predicted molar refractivity (Wildman–Crippen MR) is 34.0 cm³/mol. The molecule has 0 radical (unpaired) electrons. The second-order valence-corrected chi connectivity index (χ2v) is 1.81. The molecule has 1 fully saturated rings. The molecule has 1 rings (SSSR count). The van der Waals surface area contributed by atoms with Crippen molar-refractivity contribution >= 4 is 12.4 Å². The van der Waals surface area contributed by atoms with Gasteiger partial charge in [-0.1, -0.05) is 6.42 Å². The summed E-state index contributed by atoms with van der Waals surface area (Å²) in [6, 6.07) is 0. The molecule has 52 valence electrons. The van der Waals surface area contributed by atoms with Gasteiger partial charge in [0.25, 0.3) is 0 Å². The van der Waals surface area contributed by atoms with Crippen LogP contribution in [0.5, 0.6) is 0 Å². The van der Waals surface area contributed by atoms with Gasteiger partial charge in [-0.15, -0.1) is 12.4 Å². The topological polar surface area (TPSA) is 12.0 Å². The summed E-state index contributed by atoms with van der Waals surface area (Å²) in [5.74, 6) is 0. The van der Waals surface area contributed by atoms with Gasteiger partial charge < -0.3 is 17.7 Å². The fourth-order valence-corrected chi connectivity index (χ4v) is 0.802. The molecule has 0 saturated carbocycles. The normalized spacial score (nSPS) is 16.0. The Kier molecular flexibility index (Phi) is 21.9. The summed E-state index contributed by atoms with van der Waals surface area (Å²) >= 11 is 0. The van der Waals surface area contributed by atoms with Crippen molar-refractivity contribution in [3.05, 3.63) is 0 Å². The number of rotatable bonds is 0. The van der Waals surface area contributed by atoms with Crippen LogP contribution in [0.4, 0.5) is 0 Å². The second kappa shape index (κ2) is 11.9. The molecule has 9 heavy (non-hydrogen) atoms. The van der Waals surface area contributed by atoms with Crippen molar-refractivity contribution in [2.75, 3.05) is 13.1 Å². The summed E-state index contributed by atoms with van der Waals surface area (Å²) in [6.45, 7) is 2.50. The van der Waals surface area contributed by atoms with Crippen molar-refractivity contribution in [3.63, 3.8) is 0 Å². The molecule has 1 saturated heterocycles. The molecule has 1 nitrogen and oxygen atoms in total. The molecule has 0 amide bonds. The van der Waals surface area contributed by atoms with Crippen molar-refractivity contribution in [2.24, 2.45) is 0 Å². The molecular formula is C5H12Cl2LiN. The predicted octanol–water partition coefficient (Wildman–Crippen LogP) is -4.81. The molecule has 1 aliphatic heterocycles. The Morgan fingerprint density at radius 1 is 0.889 bits per heavy atom. The van der Waals surface area contributed by atoms with Gasteiger partial charge in [0, 0.05) is 0 Å². The second-order valence-electron chi connectivity index (χ2n) is 1.81. The molecule has 4 heteroatoms. The van der Waals surface area contributed by atoms with E-state index in [-0.39, 0.29) is 43.7 Å². The Labute approximate surface area is 81.3 Å². The largest absolute Gasteiger partial charge is 1.00 e. The fourth-order valence-electron chi connectivity index (χ4n) is 0.802. The van der Waals surface area contributed by atoms with Crippen LogP contribution in [0.25, 0.3) is 0 Å². The third-order valence-electron chi connectivity index (χ3n) is 1.21. The molecule has 0 aromatic rings. The first kappa shape index (κ1) is 16.6. The van der Waals surface area contributed by atoms with Crippen molar-refractivity contribution in [1.82, 2.24) is 5.32 Å². The minimum atomic E-state index is 0. The van der Waals surface area contributed by atoms with E-state index in [1.165, 1.54) is 32.4 Å². The molecule has 0 bridgehead atoms. The summed E-state index contributed by atoms with van der Waals surface area (Å²) in [4.78, 5) is 0. The van der Waals surface area contributed by atoms with E-state index in [9.17, 15) is 0 Å². The number of nitrogens with one attached hydrogen (secondary N) is 1. The van der Waals surface area contributed by atoms with Crippen molar-refractivity contribution in [1.29, 1.82) is 0 Å². The summed E-state index contributed by atoms with van der Waals surface area (Å²) in [5, 5.41) is 3.28. The molecule has 0 aromatic heterocycles. The van der Waals surface area contributed by atoms with Crippen LogP contribution in [0.1, 0.15) is 19.3 Å². The average molecular weight is 164 g/mol. The van der Waals surface area contributed by atoms with Gasteiger partial charge in [0.1, 0.15) is 0 Å². The van der Waals surface area contributed by atoms with Crippen LogP contribution in [-0.4, -0.2) is 13.1 Å². The van der Waals surface area contributed by atoms with Crippen molar-refractivity contribution in [2.45, 2.75) is 19.3 Å². The van der Waals surface area contributed by atoms with E-state index in [1.54, 1.807) is 0 Å². The van der Waals surface area contributed by atoms with Gasteiger partial charge in [0.2, 0.25) is 0 Å². The van der Waals surface area contributed by atoms with E-state index in [4.69, 9.17) is 0 Å². The van der Waals surface area contributed by atoms with E-state index in [0.29, 0.717) is 0 Å². The molecule has 1 N–H and O–H groups in total. The van der Waals surface area contributed by atoms with E-state index in [1.807, 2.05) is 0 Å². The maximum Gasteiger partial charge on any atom is 1.00 e. The van der Waals surface area contributed by atoms with Crippen LogP contribution in [0, 0.1) is 0 Å². The maximum absolute atomic E-state index is 3.28. The van der Waals surface area contributed by atoms with E-state index in [2.05, 4.69) is 5.32 Å². The first-order valence-corrected chi connectivity index (χ1v) is 2.71. The molecule has 0 spiro atoms. The molecule has 1 heterocycles. The van der Waals surface area contributed by atoms with Gasteiger partial charge >= 0.3 is 18.9 Å². The molecule has 0 unspecified atom stereocenters. The van der Waals surface area contributed by atoms with Crippen molar-refractivity contribution < 1.29 is 31.3 Å². The van der Waals surface area contributed by atoms with Gasteiger partial charge in [-0.05, 0) is 25.9 Å². The summed E-state index contributed by atoms with van der Waals surface area (Å²) in [5.41, 5.74) is 0. The summed E-state index contributed by atoms with van der Waals surface area (Å²) in [7, 11) is 0. The minimum absolute atomic E-state index is 0. The number of halogens is 2. The molecule has 0 atom stereocenters. The standard InChI is InChI=1S/C5H11N.2ClH.Li/c1-2-4-6-5-3-1;;;/h6H,1-5H2;2*1H;/q;;;+1/p-1. The zero-order valence-corrected chi connectivity index (χ0v) is 7.39. The Balaban J connectivity index is -0.000000120. The van der Waals surface area contributed by atoms with Crippen LogP contribution in [-0.2, 0) is 0 Å². The van der Waals surface area contributed by atoms with E-state index >= 15 is 0 Å². The maximum atomic E-state index is 3.28. The number of hydrogen-bond acceptors (Lipinski definition) is 1. The van der Waals surface area contributed by atoms with E-state index < -0.39 is 0 Å². The Morgan fingerprint density at radius 3 is 1.44 bits per heavy atom. The Morgan fingerprint density at radius 2 is 1.33 bits per heavy atom. The molecule has 1 aliphatic rings. The number of hydrogen-bond donors (Lipinski definition) is 1. The summed E-state index contributed by atoms with van der Waals surface area (Å²) < 4.78 is 0. The zero-order valence-electron chi connectivity index (χ0n) is 5.82. The van der Waals surface area contributed by atoms with Crippen LogP contribution < -0.4 is 36.6 Å². The van der Waals surface area contributed by atoms with Gasteiger partial charge in [-0.2, -0.15) is 0 Å². The van der Waals surface area contributed by atoms with Crippen LogP contribution in [0.3, 0.4) is 0 Å². The van der Waals surface area contributed by atoms with Crippen LogP contribution in [0.15, 0.2) is 0 Å². The first-order valence-electron chi connectivity index (χ1n) is 2.71. The SMILES string of the molecule is C1CCNCC1.Cl.[Cl-].[Li+]. The van der Waals surface area contributed by atoms with E-state index in [0.717, 1.165) is 0 Å². The fraction of sp³-hybridized carbons (Fsp3) is 1.00. The zero-order chi connectivity index (χ0) is 4.24.